The number of carbonyl (C=O) groups excluding carboxylic acids is 1. The number of carbonyl (C=O) groups is 1. The average molecular weight is 335 g/mol. The van der Waals surface area contributed by atoms with E-state index < -0.39 is 0 Å². The minimum Gasteiger partial charge on any atom is -0.336 e. The molecule has 4 heteroatoms. The zero-order chi connectivity index (χ0) is 16.4. The van der Waals surface area contributed by atoms with Crippen LogP contribution in [-0.4, -0.2) is 28.9 Å². The van der Waals surface area contributed by atoms with E-state index >= 15 is 0 Å². The number of nitrogens with zero attached hydrogens (tertiary/aromatic N) is 1. The second-order valence-electron chi connectivity index (χ2n) is 7.42. The van der Waals surface area contributed by atoms with E-state index in [1.165, 1.54) is 12.8 Å². The number of fused-ring (bicyclic) bond motifs is 2. The molecule has 2 heterocycles. The second-order valence-corrected chi connectivity index (χ2v) is 7.86. The highest BCUT2D eigenvalue weighted by atomic mass is 35.5. The van der Waals surface area contributed by atoms with Crippen molar-refractivity contribution >= 4 is 17.5 Å². The maximum Gasteiger partial charge on any atom is 0.223 e. The fraction of sp³-hybridized carbons (Fsp3) is 0.632. The lowest BCUT2D eigenvalue weighted by Gasteiger charge is -2.32. The van der Waals surface area contributed by atoms with Gasteiger partial charge >= 0.3 is 0 Å². The van der Waals surface area contributed by atoms with Crippen molar-refractivity contribution in [3.8, 4) is 0 Å². The first-order valence-corrected chi connectivity index (χ1v) is 9.19. The summed E-state index contributed by atoms with van der Waals surface area (Å²) in [6.45, 7) is 4.83. The quantitative estimate of drug-likeness (QED) is 0.882. The molecule has 126 valence electrons. The van der Waals surface area contributed by atoms with Crippen molar-refractivity contribution in [1.82, 2.24) is 10.2 Å². The van der Waals surface area contributed by atoms with Crippen molar-refractivity contribution in [2.45, 2.75) is 70.6 Å². The number of hydrogen-bond donors (Lipinski definition) is 1. The maximum atomic E-state index is 12.8. The molecule has 2 aliphatic rings. The monoisotopic (exact) mass is 334 g/mol. The van der Waals surface area contributed by atoms with Gasteiger partial charge in [0.2, 0.25) is 5.91 Å². The molecule has 1 N–H and O–H groups in total. The molecule has 2 atom stereocenters. The summed E-state index contributed by atoms with van der Waals surface area (Å²) in [5.41, 5.74) is 1.10. The maximum absolute atomic E-state index is 12.8. The first-order valence-electron chi connectivity index (χ1n) is 8.81. The van der Waals surface area contributed by atoms with Crippen LogP contribution in [0.3, 0.4) is 0 Å². The Labute approximate surface area is 144 Å². The summed E-state index contributed by atoms with van der Waals surface area (Å²) >= 11 is 6.07. The van der Waals surface area contributed by atoms with Crippen LogP contribution in [0.5, 0.6) is 0 Å². The Bertz CT molecular complexity index is 548. The summed E-state index contributed by atoms with van der Waals surface area (Å²) in [6, 6.07) is 9.32. The van der Waals surface area contributed by atoms with E-state index in [1.807, 2.05) is 29.2 Å². The van der Waals surface area contributed by atoms with Gasteiger partial charge in [-0.15, -0.1) is 0 Å². The van der Waals surface area contributed by atoms with Gasteiger partial charge in [0.25, 0.3) is 0 Å². The van der Waals surface area contributed by atoms with Crippen molar-refractivity contribution in [2.75, 3.05) is 0 Å². The summed E-state index contributed by atoms with van der Waals surface area (Å²) in [6.07, 6.45) is 5.57. The Balaban J connectivity index is 1.62. The van der Waals surface area contributed by atoms with E-state index in [1.54, 1.807) is 0 Å². The molecule has 1 aromatic rings. The van der Waals surface area contributed by atoms with Gasteiger partial charge in [0.1, 0.15) is 0 Å². The van der Waals surface area contributed by atoms with Crippen LogP contribution in [-0.2, 0) is 11.3 Å². The Kier molecular flexibility index (Phi) is 5.27. The third kappa shape index (κ3) is 4.27. The van der Waals surface area contributed by atoms with Crippen molar-refractivity contribution in [2.24, 2.45) is 5.92 Å². The van der Waals surface area contributed by atoms with Crippen LogP contribution in [0, 0.1) is 5.92 Å². The molecule has 2 saturated heterocycles. The highest BCUT2D eigenvalue weighted by Crippen LogP contribution is 2.33. The molecule has 0 spiro atoms. The van der Waals surface area contributed by atoms with Crippen LogP contribution in [0.15, 0.2) is 24.3 Å². The normalized spacial score (nSPS) is 26.5. The van der Waals surface area contributed by atoms with Crippen molar-refractivity contribution in [3.63, 3.8) is 0 Å². The van der Waals surface area contributed by atoms with Crippen LogP contribution in [0.2, 0.25) is 5.02 Å². The average Bonchev–Trinajstić information content (AvgIpc) is 2.83. The predicted octanol–water partition coefficient (Wildman–Crippen LogP) is 4.00. The lowest BCUT2D eigenvalue weighted by molar-refractivity contribution is -0.134. The minimum absolute atomic E-state index is 0.208. The number of halogens is 1. The first kappa shape index (κ1) is 16.8. The molecule has 1 aromatic carbocycles. The Morgan fingerprint density at radius 3 is 2.61 bits per heavy atom. The van der Waals surface area contributed by atoms with E-state index in [-0.39, 0.29) is 11.9 Å². The SMILES string of the molecule is CC(C)N(Cc1cccc(Cl)c1)C(=O)CC1CC2CCC(C1)N2. The van der Waals surface area contributed by atoms with Gasteiger partial charge in [-0.1, -0.05) is 23.7 Å². The van der Waals surface area contributed by atoms with E-state index in [9.17, 15) is 4.79 Å². The zero-order valence-electron chi connectivity index (χ0n) is 14.1. The lowest BCUT2D eigenvalue weighted by Crippen LogP contribution is -2.42. The van der Waals surface area contributed by atoms with E-state index in [4.69, 9.17) is 11.6 Å². The second kappa shape index (κ2) is 7.23. The fourth-order valence-electron chi connectivity index (χ4n) is 4.10. The molecule has 2 fully saturated rings. The van der Waals surface area contributed by atoms with E-state index in [2.05, 4.69) is 19.2 Å². The van der Waals surface area contributed by atoms with Gasteiger partial charge in [-0.05, 0) is 63.1 Å². The van der Waals surface area contributed by atoms with Crippen LogP contribution in [0.25, 0.3) is 0 Å². The fourth-order valence-corrected chi connectivity index (χ4v) is 4.31. The minimum atomic E-state index is 0.208. The Morgan fingerprint density at radius 2 is 2.00 bits per heavy atom. The van der Waals surface area contributed by atoms with Gasteiger partial charge in [0.15, 0.2) is 0 Å². The van der Waals surface area contributed by atoms with E-state index in [0.29, 0.717) is 31.0 Å². The first-order chi connectivity index (χ1) is 11.0. The molecule has 0 saturated carbocycles. The molecule has 0 aliphatic carbocycles. The van der Waals surface area contributed by atoms with Crippen LogP contribution in [0.1, 0.15) is 51.5 Å². The largest absolute Gasteiger partial charge is 0.336 e. The molecular formula is C19H27ClN2O. The molecule has 1 amide bonds. The number of amides is 1. The van der Waals surface area contributed by atoms with Crippen molar-refractivity contribution in [1.29, 1.82) is 0 Å². The van der Waals surface area contributed by atoms with Crippen molar-refractivity contribution < 1.29 is 4.79 Å². The van der Waals surface area contributed by atoms with Gasteiger partial charge in [0.05, 0.1) is 0 Å². The molecular weight excluding hydrogens is 308 g/mol. The number of benzene rings is 1. The highest BCUT2D eigenvalue weighted by Gasteiger charge is 2.35. The molecule has 23 heavy (non-hydrogen) atoms. The van der Waals surface area contributed by atoms with Gasteiger partial charge in [0, 0.05) is 36.1 Å². The molecule has 3 nitrogen and oxygen atoms in total. The third-order valence-electron chi connectivity index (χ3n) is 5.22. The molecule has 3 rings (SSSR count). The van der Waals surface area contributed by atoms with Crippen LogP contribution in [0.4, 0.5) is 0 Å². The number of hydrogen-bond acceptors (Lipinski definition) is 2. The summed E-state index contributed by atoms with van der Waals surface area (Å²) in [5, 5.41) is 4.38. The number of nitrogens with one attached hydrogen (secondary N) is 1. The highest BCUT2D eigenvalue weighted by molar-refractivity contribution is 6.30. The van der Waals surface area contributed by atoms with Gasteiger partial charge in [-0.25, -0.2) is 0 Å². The molecule has 2 unspecified atom stereocenters. The predicted molar refractivity (Wildman–Crippen MR) is 94.4 cm³/mol. The van der Waals surface area contributed by atoms with Crippen LogP contribution < -0.4 is 5.32 Å². The smallest absolute Gasteiger partial charge is 0.223 e. The summed E-state index contributed by atoms with van der Waals surface area (Å²) in [5.74, 6) is 0.827. The van der Waals surface area contributed by atoms with Gasteiger partial charge in [-0.3, -0.25) is 4.79 Å². The Morgan fingerprint density at radius 1 is 1.30 bits per heavy atom. The molecule has 2 bridgehead atoms. The third-order valence-corrected chi connectivity index (χ3v) is 5.45. The topological polar surface area (TPSA) is 32.3 Å². The molecule has 0 radical (unpaired) electrons. The summed E-state index contributed by atoms with van der Waals surface area (Å²) in [7, 11) is 0. The zero-order valence-corrected chi connectivity index (χ0v) is 14.9. The summed E-state index contributed by atoms with van der Waals surface area (Å²) < 4.78 is 0. The van der Waals surface area contributed by atoms with Crippen LogP contribution >= 0.6 is 11.6 Å². The Hall–Kier alpha value is -1.06. The number of piperidine rings is 1. The molecule has 0 aromatic heterocycles. The van der Waals surface area contributed by atoms with Gasteiger partial charge in [-0.2, -0.15) is 0 Å². The van der Waals surface area contributed by atoms with E-state index in [0.717, 1.165) is 23.4 Å². The van der Waals surface area contributed by atoms with Gasteiger partial charge < -0.3 is 10.2 Å². The standard InChI is InChI=1S/C19H27ClN2O/c1-13(2)22(12-14-4-3-5-16(20)8-14)19(23)11-15-9-17-6-7-18(10-15)21-17/h3-5,8,13,15,17-18,21H,6-7,9-12H2,1-2H3. The van der Waals surface area contributed by atoms with Crippen molar-refractivity contribution in [3.05, 3.63) is 34.9 Å². The lowest BCUT2D eigenvalue weighted by atomic mass is 9.89. The molecule has 2 aliphatic heterocycles. The summed E-state index contributed by atoms with van der Waals surface area (Å²) in [4.78, 5) is 14.8. The number of rotatable bonds is 5.